The highest BCUT2D eigenvalue weighted by atomic mass is 32.1. The summed E-state index contributed by atoms with van der Waals surface area (Å²) in [7, 11) is 0. The molecule has 0 unspecified atom stereocenters. The zero-order valence-corrected chi connectivity index (χ0v) is 12.8. The maximum Gasteiger partial charge on any atom is 0.358 e. The van der Waals surface area contributed by atoms with E-state index in [1.54, 1.807) is 11.8 Å². The van der Waals surface area contributed by atoms with E-state index in [0.29, 0.717) is 18.2 Å². The molecule has 0 atom stereocenters. The number of carbonyl (C=O) groups is 3. The van der Waals surface area contributed by atoms with Gasteiger partial charge in [-0.05, 0) is 13.3 Å². The van der Waals surface area contributed by atoms with Crippen molar-refractivity contribution in [3.63, 3.8) is 0 Å². The highest BCUT2D eigenvalue weighted by Gasteiger charge is 2.26. The van der Waals surface area contributed by atoms with Crippen LogP contribution in [0.5, 0.6) is 0 Å². The van der Waals surface area contributed by atoms with Crippen molar-refractivity contribution in [1.82, 2.24) is 10.3 Å². The molecule has 1 N–H and O–H groups in total. The van der Waals surface area contributed by atoms with E-state index in [2.05, 4.69) is 10.3 Å². The van der Waals surface area contributed by atoms with Crippen LogP contribution >= 0.6 is 11.3 Å². The summed E-state index contributed by atoms with van der Waals surface area (Å²) in [5.41, 5.74) is 0.0361. The van der Waals surface area contributed by atoms with Gasteiger partial charge in [0.25, 0.3) is 0 Å². The van der Waals surface area contributed by atoms with Crippen LogP contribution in [0.25, 0.3) is 0 Å². The first-order chi connectivity index (χ1) is 10.0. The number of nitrogens with zero attached hydrogens (tertiary/aromatic N) is 2. The van der Waals surface area contributed by atoms with Crippen LogP contribution < -0.4 is 10.2 Å². The minimum absolute atomic E-state index is 0.0361. The standard InChI is InChI=1S/C13H17N3O4S/c1-3-20-12(19)10-11(8(2)17)21-13(15-10)16-6-4-5-14-9(18)7-16/h3-7H2,1-2H3,(H,14,18). The number of hydrogen-bond donors (Lipinski definition) is 1. The van der Waals surface area contributed by atoms with E-state index in [9.17, 15) is 14.4 Å². The Labute approximate surface area is 126 Å². The second kappa shape index (κ2) is 6.66. The smallest absolute Gasteiger partial charge is 0.358 e. The average molecular weight is 311 g/mol. The van der Waals surface area contributed by atoms with E-state index in [1.165, 1.54) is 6.92 Å². The third-order valence-electron chi connectivity index (χ3n) is 2.94. The van der Waals surface area contributed by atoms with E-state index < -0.39 is 5.97 Å². The number of anilines is 1. The summed E-state index contributed by atoms with van der Waals surface area (Å²) in [6, 6.07) is 0. The number of carbonyl (C=O) groups excluding carboxylic acids is 3. The van der Waals surface area contributed by atoms with Crippen molar-refractivity contribution in [1.29, 1.82) is 0 Å². The monoisotopic (exact) mass is 311 g/mol. The largest absolute Gasteiger partial charge is 0.461 e. The van der Waals surface area contributed by atoms with Gasteiger partial charge in [0.2, 0.25) is 5.91 Å². The minimum atomic E-state index is -0.607. The number of nitrogens with one attached hydrogen (secondary N) is 1. The Morgan fingerprint density at radius 2 is 2.24 bits per heavy atom. The lowest BCUT2D eigenvalue weighted by molar-refractivity contribution is -0.119. The lowest BCUT2D eigenvalue weighted by Crippen LogP contribution is -2.33. The number of aromatic nitrogens is 1. The molecular weight excluding hydrogens is 294 g/mol. The fraction of sp³-hybridized carbons (Fsp3) is 0.538. The van der Waals surface area contributed by atoms with Gasteiger partial charge in [0, 0.05) is 20.0 Å². The molecule has 1 aromatic heterocycles. The summed E-state index contributed by atoms with van der Waals surface area (Å²) in [6.45, 7) is 4.73. The van der Waals surface area contributed by atoms with E-state index in [1.807, 2.05) is 0 Å². The number of esters is 1. The second-order valence-electron chi connectivity index (χ2n) is 4.58. The Balaban J connectivity index is 2.32. The Bertz CT molecular complexity index is 570. The first kappa shape index (κ1) is 15.4. The van der Waals surface area contributed by atoms with Crippen molar-refractivity contribution >= 4 is 34.1 Å². The van der Waals surface area contributed by atoms with Crippen molar-refractivity contribution in [2.24, 2.45) is 0 Å². The average Bonchev–Trinajstić information content (AvgIpc) is 2.77. The maximum absolute atomic E-state index is 11.9. The quantitative estimate of drug-likeness (QED) is 0.655. The molecule has 1 saturated heterocycles. The Kier molecular flexibility index (Phi) is 4.89. The van der Waals surface area contributed by atoms with E-state index >= 15 is 0 Å². The zero-order chi connectivity index (χ0) is 15.4. The van der Waals surface area contributed by atoms with Crippen molar-refractivity contribution < 1.29 is 19.1 Å². The van der Waals surface area contributed by atoms with Crippen molar-refractivity contribution in [3.05, 3.63) is 10.6 Å². The van der Waals surface area contributed by atoms with Gasteiger partial charge in [0.15, 0.2) is 16.6 Å². The van der Waals surface area contributed by atoms with Crippen LogP contribution in [0.1, 0.15) is 40.4 Å². The molecule has 1 amide bonds. The Morgan fingerprint density at radius 1 is 1.48 bits per heavy atom. The molecule has 2 rings (SSSR count). The second-order valence-corrected chi connectivity index (χ2v) is 5.55. The normalized spacial score (nSPS) is 15.3. The van der Waals surface area contributed by atoms with E-state index in [-0.39, 0.29) is 35.4 Å². The number of Topliss-reactive ketones (excluding diaryl/α,β-unsaturated/α-hetero) is 1. The van der Waals surface area contributed by atoms with Crippen LogP contribution in [0, 0.1) is 0 Å². The molecule has 1 fully saturated rings. The topological polar surface area (TPSA) is 88.6 Å². The van der Waals surface area contributed by atoms with Gasteiger partial charge in [-0.15, -0.1) is 0 Å². The Hall–Kier alpha value is -1.96. The van der Waals surface area contributed by atoms with Gasteiger partial charge in [-0.1, -0.05) is 11.3 Å². The van der Waals surface area contributed by atoms with E-state index in [0.717, 1.165) is 17.8 Å². The molecule has 114 valence electrons. The molecule has 21 heavy (non-hydrogen) atoms. The van der Waals surface area contributed by atoms with E-state index in [4.69, 9.17) is 4.74 Å². The Morgan fingerprint density at radius 3 is 2.90 bits per heavy atom. The van der Waals surface area contributed by atoms with Crippen molar-refractivity contribution in [2.75, 3.05) is 31.1 Å². The number of ether oxygens (including phenoxy) is 1. The maximum atomic E-state index is 11.9. The predicted molar refractivity (Wildman–Crippen MR) is 77.9 cm³/mol. The molecule has 0 aromatic carbocycles. The summed E-state index contributed by atoms with van der Waals surface area (Å²) in [6.07, 6.45) is 0.787. The number of ketones is 1. The molecule has 1 aliphatic rings. The summed E-state index contributed by atoms with van der Waals surface area (Å²) < 4.78 is 4.92. The molecule has 0 aliphatic carbocycles. The summed E-state index contributed by atoms with van der Waals surface area (Å²) in [5, 5.41) is 3.27. The number of hydrogen-bond acceptors (Lipinski definition) is 7. The molecule has 7 nitrogen and oxygen atoms in total. The molecule has 8 heteroatoms. The SMILES string of the molecule is CCOC(=O)c1nc(N2CCCNC(=O)C2)sc1C(C)=O. The molecule has 2 heterocycles. The van der Waals surface area contributed by atoms with Crippen molar-refractivity contribution in [2.45, 2.75) is 20.3 Å². The molecule has 0 radical (unpaired) electrons. The fourth-order valence-corrected chi connectivity index (χ4v) is 2.96. The number of rotatable bonds is 4. The molecule has 1 aromatic rings. The van der Waals surface area contributed by atoms with Crippen LogP contribution in [0.4, 0.5) is 5.13 Å². The third-order valence-corrected chi connectivity index (χ3v) is 4.15. The molecular formula is C13H17N3O4S. The van der Waals surface area contributed by atoms with Crippen LogP contribution in [-0.4, -0.2) is 48.9 Å². The highest BCUT2D eigenvalue weighted by Crippen LogP contribution is 2.28. The van der Waals surface area contributed by atoms with Gasteiger partial charge in [-0.3, -0.25) is 9.59 Å². The van der Waals surface area contributed by atoms with Crippen LogP contribution in [0.2, 0.25) is 0 Å². The third kappa shape index (κ3) is 3.57. The summed E-state index contributed by atoms with van der Waals surface area (Å²) in [4.78, 5) is 41.4. The molecule has 0 spiro atoms. The van der Waals surface area contributed by atoms with Gasteiger partial charge in [-0.2, -0.15) is 0 Å². The molecule has 1 aliphatic heterocycles. The summed E-state index contributed by atoms with van der Waals surface area (Å²) in [5.74, 6) is -0.935. The molecule has 0 bridgehead atoms. The number of thiazole rings is 1. The van der Waals surface area contributed by atoms with Gasteiger partial charge in [0.1, 0.15) is 4.88 Å². The number of amides is 1. The highest BCUT2D eigenvalue weighted by molar-refractivity contribution is 7.17. The first-order valence-electron chi connectivity index (χ1n) is 6.73. The first-order valence-corrected chi connectivity index (χ1v) is 7.55. The van der Waals surface area contributed by atoms with Crippen LogP contribution in [0.15, 0.2) is 0 Å². The van der Waals surface area contributed by atoms with Gasteiger partial charge in [0.05, 0.1) is 13.2 Å². The fourth-order valence-electron chi connectivity index (χ4n) is 1.99. The predicted octanol–water partition coefficient (Wildman–Crippen LogP) is 0.849. The van der Waals surface area contributed by atoms with Crippen LogP contribution in [0.3, 0.4) is 0 Å². The van der Waals surface area contributed by atoms with Gasteiger partial charge in [-0.25, -0.2) is 9.78 Å². The zero-order valence-electron chi connectivity index (χ0n) is 12.0. The molecule has 0 saturated carbocycles. The summed E-state index contributed by atoms with van der Waals surface area (Å²) >= 11 is 1.12. The van der Waals surface area contributed by atoms with Crippen molar-refractivity contribution in [3.8, 4) is 0 Å². The minimum Gasteiger partial charge on any atom is -0.461 e. The van der Waals surface area contributed by atoms with Crippen LogP contribution in [-0.2, 0) is 9.53 Å². The lowest BCUT2D eigenvalue weighted by atomic mass is 10.3. The van der Waals surface area contributed by atoms with Gasteiger partial charge >= 0.3 is 5.97 Å². The van der Waals surface area contributed by atoms with Gasteiger partial charge < -0.3 is 15.0 Å². The lowest BCUT2D eigenvalue weighted by Gasteiger charge is -2.16.